The molecule has 1 nitrogen and oxygen atoms in total. The molecule has 1 N–H and O–H groups in total. The zero-order chi connectivity index (χ0) is 14.0. The fourth-order valence-electron chi connectivity index (χ4n) is 1.97. The molecule has 1 heterocycles. The van der Waals surface area contributed by atoms with Crippen LogP contribution in [0.4, 0.5) is 0 Å². The average molecular weight is 468 g/mol. The summed E-state index contributed by atoms with van der Waals surface area (Å²) in [5, 5.41) is 5.74. The molecule has 0 amide bonds. The van der Waals surface area contributed by atoms with Gasteiger partial charge in [0.05, 0.1) is 9.83 Å². The van der Waals surface area contributed by atoms with Gasteiger partial charge >= 0.3 is 0 Å². The maximum Gasteiger partial charge on any atom is 0.0701 e. The van der Waals surface area contributed by atoms with Gasteiger partial charge in [-0.3, -0.25) is 0 Å². The first-order valence-electron chi connectivity index (χ1n) is 5.95. The van der Waals surface area contributed by atoms with Gasteiger partial charge in [0.15, 0.2) is 0 Å². The zero-order valence-electron chi connectivity index (χ0n) is 10.6. The lowest BCUT2D eigenvalue weighted by atomic mass is 10.00. The molecule has 1 atom stereocenters. The lowest BCUT2D eigenvalue weighted by Gasteiger charge is -2.20. The van der Waals surface area contributed by atoms with E-state index in [1.807, 2.05) is 0 Å². The van der Waals surface area contributed by atoms with Crippen LogP contribution in [0.2, 0.25) is 0 Å². The van der Waals surface area contributed by atoms with Crippen molar-refractivity contribution in [3.63, 3.8) is 0 Å². The smallest absolute Gasteiger partial charge is 0.0701 e. The number of hydrogen-bond acceptors (Lipinski definition) is 2. The van der Waals surface area contributed by atoms with Crippen LogP contribution in [-0.4, -0.2) is 6.54 Å². The van der Waals surface area contributed by atoms with Crippen LogP contribution in [0.25, 0.3) is 0 Å². The largest absolute Gasteiger partial charge is 0.306 e. The molecule has 1 aromatic carbocycles. The molecule has 2 aromatic rings. The first-order chi connectivity index (χ1) is 9.02. The summed E-state index contributed by atoms with van der Waals surface area (Å²) < 4.78 is 3.44. The Morgan fingerprint density at radius 2 is 1.89 bits per heavy atom. The van der Waals surface area contributed by atoms with E-state index in [4.69, 9.17) is 0 Å². The van der Waals surface area contributed by atoms with Crippen LogP contribution in [0.5, 0.6) is 0 Å². The third-order valence-corrected chi connectivity index (χ3v) is 5.98. The summed E-state index contributed by atoms with van der Waals surface area (Å²) in [7, 11) is 0. The third-order valence-electron chi connectivity index (χ3n) is 2.92. The van der Waals surface area contributed by atoms with Gasteiger partial charge in [0.1, 0.15) is 0 Å². The Morgan fingerprint density at radius 1 is 1.16 bits per heavy atom. The lowest BCUT2D eigenvalue weighted by molar-refractivity contribution is 0.630. The second kappa shape index (κ2) is 6.85. The highest BCUT2D eigenvalue weighted by molar-refractivity contribution is 9.11. The van der Waals surface area contributed by atoms with Gasteiger partial charge in [-0.15, -0.1) is 11.3 Å². The highest BCUT2D eigenvalue weighted by Gasteiger charge is 2.18. The minimum atomic E-state index is 0.207. The molecule has 1 aromatic heterocycles. The van der Waals surface area contributed by atoms with E-state index in [1.165, 1.54) is 16.7 Å². The maximum absolute atomic E-state index is 3.69. The molecule has 0 spiro atoms. The summed E-state index contributed by atoms with van der Waals surface area (Å²) in [4.78, 5) is 0. The number of thiophene rings is 1. The van der Waals surface area contributed by atoms with Crippen LogP contribution in [0.1, 0.15) is 29.7 Å². The molecule has 0 saturated heterocycles. The van der Waals surface area contributed by atoms with Gasteiger partial charge in [0, 0.05) is 8.95 Å². The molecule has 0 aliphatic heterocycles. The van der Waals surface area contributed by atoms with Crippen LogP contribution < -0.4 is 5.32 Å². The second-order valence-corrected chi connectivity index (χ2v) is 8.30. The molecule has 1 unspecified atom stereocenters. The first-order valence-corrected chi connectivity index (χ1v) is 9.21. The SMILES string of the molecule is CCNC(c1csc(Br)c1)c1cc(Br)c(C)cc1Br. The highest BCUT2D eigenvalue weighted by Crippen LogP contribution is 2.35. The van der Waals surface area contributed by atoms with Crippen molar-refractivity contribution in [1.29, 1.82) is 0 Å². The molecule has 0 saturated carbocycles. The Hall–Kier alpha value is 0.320. The van der Waals surface area contributed by atoms with Crippen LogP contribution in [0, 0.1) is 6.92 Å². The van der Waals surface area contributed by atoms with Gasteiger partial charge in [-0.25, -0.2) is 0 Å². The molecule has 0 bridgehead atoms. The van der Waals surface area contributed by atoms with E-state index in [0.717, 1.165) is 19.3 Å². The van der Waals surface area contributed by atoms with Crippen molar-refractivity contribution in [2.24, 2.45) is 0 Å². The molecule has 19 heavy (non-hydrogen) atoms. The first kappa shape index (κ1) is 15.7. The molecular weight excluding hydrogens is 454 g/mol. The fraction of sp³-hybridized carbons (Fsp3) is 0.286. The quantitative estimate of drug-likeness (QED) is 0.577. The van der Waals surface area contributed by atoms with Gasteiger partial charge < -0.3 is 5.32 Å². The van der Waals surface area contributed by atoms with Crippen molar-refractivity contribution in [3.05, 3.63) is 53.0 Å². The Bertz CT molecular complexity index is 580. The molecule has 0 aliphatic carbocycles. The average Bonchev–Trinajstić information content (AvgIpc) is 2.78. The molecule has 0 aliphatic rings. The molecule has 0 radical (unpaired) electrons. The van der Waals surface area contributed by atoms with Gasteiger partial charge in [-0.05, 0) is 69.7 Å². The van der Waals surface area contributed by atoms with Crippen molar-refractivity contribution in [1.82, 2.24) is 5.32 Å². The minimum absolute atomic E-state index is 0.207. The van der Waals surface area contributed by atoms with E-state index < -0.39 is 0 Å². The monoisotopic (exact) mass is 465 g/mol. The summed E-state index contributed by atoms with van der Waals surface area (Å²) in [5.74, 6) is 0. The predicted molar refractivity (Wildman–Crippen MR) is 94.1 cm³/mol. The summed E-state index contributed by atoms with van der Waals surface area (Å²) in [6, 6.07) is 6.74. The van der Waals surface area contributed by atoms with Crippen LogP contribution >= 0.6 is 59.1 Å². The number of benzene rings is 1. The van der Waals surface area contributed by atoms with Gasteiger partial charge in [0.2, 0.25) is 0 Å². The molecule has 102 valence electrons. The Morgan fingerprint density at radius 3 is 2.47 bits per heavy atom. The van der Waals surface area contributed by atoms with Crippen LogP contribution in [0.3, 0.4) is 0 Å². The van der Waals surface area contributed by atoms with E-state index >= 15 is 0 Å². The summed E-state index contributed by atoms with van der Waals surface area (Å²) >= 11 is 12.6. The van der Waals surface area contributed by atoms with Gasteiger partial charge in [-0.2, -0.15) is 0 Å². The summed E-state index contributed by atoms with van der Waals surface area (Å²) in [6.45, 7) is 5.16. The predicted octanol–water partition coefficient (Wildman–Crippen LogP) is 6.04. The van der Waals surface area contributed by atoms with Crippen molar-refractivity contribution in [2.75, 3.05) is 6.54 Å². The van der Waals surface area contributed by atoms with Crippen molar-refractivity contribution >= 4 is 59.1 Å². The summed E-state index contributed by atoms with van der Waals surface area (Å²) in [5.41, 5.74) is 3.78. The Balaban J connectivity index is 2.47. The van der Waals surface area contributed by atoms with E-state index in [2.05, 4.69) is 90.5 Å². The lowest BCUT2D eigenvalue weighted by Crippen LogP contribution is -2.22. The highest BCUT2D eigenvalue weighted by atomic mass is 79.9. The second-order valence-electron chi connectivity index (χ2n) is 4.30. The van der Waals surface area contributed by atoms with Crippen LogP contribution in [0.15, 0.2) is 36.3 Å². The molecule has 0 fully saturated rings. The maximum atomic E-state index is 3.69. The van der Waals surface area contributed by atoms with Crippen molar-refractivity contribution in [2.45, 2.75) is 19.9 Å². The van der Waals surface area contributed by atoms with Crippen molar-refractivity contribution in [3.8, 4) is 0 Å². The van der Waals surface area contributed by atoms with Crippen molar-refractivity contribution < 1.29 is 0 Å². The van der Waals surface area contributed by atoms with E-state index in [9.17, 15) is 0 Å². The number of hydrogen-bond donors (Lipinski definition) is 1. The van der Waals surface area contributed by atoms with E-state index in [1.54, 1.807) is 11.3 Å². The Kier molecular flexibility index (Phi) is 5.66. The molecule has 2 rings (SSSR count). The van der Waals surface area contributed by atoms with E-state index in [0.29, 0.717) is 0 Å². The third kappa shape index (κ3) is 3.70. The molecular formula is C14H14Br3NS. The number of halogens is 3. The van der Waals surface area contributed by atoms with Gasteiger partial charge in [-0.1, -0.05) is 38.8 Å². The number of aryl methyl sites for hydroxylation is 1. The Labute approximate surface area is 143 Å². The summed E-state index contributed by atoms with van der Waals surface area (Å²) in [6.07, 6.45) is 0. The minimum Gasteiger partial charge on any atom is -0.306 e. The molecule has 5 heteroatoms. The van der Waals surface area contributed by atoms with Crippen LogP contribution in [-0.2, 0) is 0 Å². The zero-order valence-corrected chi connectivity index (χ0v) is 16.2. The van der Waals surface area contributed by atoms with Gasteiger partial charge in [0.25, 0.3) is 0 Å². The number of rotatable bonds is 4. The normalized spacial score (nSPS) is 12.7. The standard InChI is InChI=1S/C14H14Br3NS/c1-3-18-14(9-5-13(17)19-7-9)10-6-11(15)8(2)4-12(10)16/h4-7,14,18H,3H2,1-2H3. The van der Waals surface area contributed by atoms with E-state index in [-0.39, 0.29) is 6.04 Å². The fourth-order valence-corrected chi connectivity index (χ4v) is 4.22. The number of nitrogens with one attached hydrogen (secondary N) is 1. The topological polar surface area (TPSA) is 12.0 Å².